The number of benzene rings is 1. The Bertz CT molecular complexity index is 433. The van der Waals surface area contributed by atoms with Crippen LogP contribution in [0.25, 0.3) is 0 Å². The molecule has 1 saturated heterocycles. The van der Waals surface area contributed by atoms with Gasteiger partial charge in [-0.05, 0) is 74.0 Å². The lowest BCUT2D eigenvalue weighted by molar-refractivity contribution is 0.224. The maximum Gasteiger partial charge on any atom is 0.0108 e. The van der Waals surface area contributed by atoms with Gasteiger partial charge in [-0.25, -0.2) is 0 Å². The van der Waals surface area contributed by atoms with Crippen molar-refractivity contribution in [1.82, 2.24) is 5.32 Å². The summed E-state index contributed by atoms with van der Waals surface area (Å²) in [5, 5.41) is 3.65. The van der Waals surface area contributed by atoms with Crippen LogP contribution < -0.4 is 5.32 Å². The van der Waals surface area contributed by atoms with Gasteiger partial charge >= 0.3 is 0 Å². The van der Waals surface area contributed by atoms with Crippen molar-refractivity contribution in [3.05, 3.63) is 35.4 Å². The van der Waals surface area contributed by atoms with Crippen LogP contribution in [-0.4, -0.2) is 12.6 Å². The summed E-state index contributed by atoms with van der Waals surface area (Å²) in [4.78, 5) is 0. The van der Waals surface area contributed by atoms with Crippen LogP contribution in [-0.2, 0) is 6.42 Å². The van der Waals surface area contributed by atoms with E-state index in [1.54, 1.807) is 11.1 Å². The zero-order valence-corrected chi connectivity index (χ0v) is 13.1. The van der Waals surface area contributed by atoms with Crippen LogP contribution in [0.3, 0.4) is 0 Å². The molecule has 1 aliphatic heterocycles. The first-order valence-corrected chi connectivity index (χ1v) is 8.45. The summed E-state index contributed by atoms with van der Waals surface area (Å²) in [5.74, 6) is 0.806. The van der Waals surface area contributed by atoms with E-state index in [0.717, 1.165) is 12.0 Å². The quantitative estimate of drug-likeness (QED) is 0.842. The highest BCUT2D eigenvalue weighted by Gasteiger charge is 2.29. The number of rotatable bonds is 3. The number of nitrogens with one attached hydrogen (secondary N) is 1. The van der Waals surface area contributed by atoms with Gasteiger partial charge in [0.2, 0.25) is 0 Å². The zero-order chi connectivity index (χ0) is 14.0. The Morgan fingerprint density at radius 3 is 2.55 bits per heavy atom. The van der Waals surface area contributed by atoms with Gasteiger partial charge in [0.15, 0.2) is 0 Å². The number of hydrogen-bond acceptors (Lipinski definition) is 1. The zero-order valence-electron chi connectivity index (χ0n) is 13.1. The molecule has 0 spiro atoms. The molecule has 1 saturated carbocycles. The fraction of sp³-hybridized carbons (Fsp3) is 0.684. The minimum Gasteiger partial charge on any atom is -0.314 e. The van der Waals surface area contributed by atoms with Crippen LogP contribution in [0.4, 0.5) is 0 Å². The minimum absolute atomic E-state index is 0.568. The predicted molar refractivity (Wildman–Crippen MR) is 86.2 cm³/mol. The largest absolute Gasteiger partial charge is 0.314 e. The molecule has 1 N–H and O–H groups in total. The molecule has 110 valence electrons. The molecule has 1 unspecified atom stereocenters. The molecule has 1 heteroatoms. The molecule has 1 aromatic carbocycles. The Balaban J connectivity index is 1.72. The molecule has 0 amide bonds. The third-order valence-corrected chi connectivity index (χ3v) is 5.46. The maximum atomic E-state index is 3.65. The van der Waals surface area contributed by atoms with E-state index in [1.807, 2.05) is 0 Å². The normalized spacial score (nSPS) is 26.8. The third-order valence-electron chi connectivity index (χ3n) is 5.46. The molecule has 1 nitrogen and oxygen atoms in total. The van der Waals surface area contributed by atoms with Crippen LogP contribution >= 0.6 is 0 Å². The predicted octanol–water partition coefficient (Wildman–Crippen LogP) is 4.66. The van der Waals surface area contributed by atoms with E-state index in [1.165, 1.54) is 51.5 Å². The summed E-state index contributed by atoms with van der Waals surface area (Å²) in [6, 6.07) is 9.94. The highest BCUT2D eigenvalue weighted by atomic mass is 14.9. The van der Waals surface area contributed by atoms with Crippen LogP contribution in [0.2, 0.25) is 0 Å². The summed E-state index contributed by atoms with van der Waals surface area (Å²) in [7, 11) is 0. The van der Waals surface area contributed by atoms with Gasteiger partial charge in [-0.1, -0.05) is 38.1 Å². The van der Waals surface area contributed by atoms with Gasteiger partial charge in [0, 0.05) is 6.04 Å². The first-order valence-electron chi connectivity index (χ1n) is 8.45. The molecule has 20 heavy (non-hydrogen) atoms. The van der Waals surface area contributed by atoms with Crippen molar-refractivity contribution in [1.29, 1.82) is 0 Å². The number of hydrogen-bond donors (Lipinski definition) is 1. The fourth-order valence-electron chi connectivity index (χ4n) is 4.03. The van der Waals surface area contributed by atoms with Crippen molar-refractivity contribution >= 4 is 0 Å². The van der Waals surface area contributed by atoms with E-state index >= 15 is 0 Å². The summed E-state index contributed by atoms with van der Waals surface area (Å²) < 4.78 is 0. The van der Waals surface area contributed by atoms with E-state index in [4.69, 9.17) is 0 Å². The second kappa shape index (κ2) is 5.89. The minimum atomic E-state index is 0.568. The molecular formula is C19H29N. The van der Waals surface area contributed by atoms with E-state index in [-0.39, 0.29) is 0 Å². The highest BCUT2D eigenvalue weighted by molar-refractivity contribution is 5.31. The molecule has 0 radical (unpaired) electrons. The van der Waals surface area contributed by atoms with E-state index in [0.29, 0.717) is 5.41 Å². The second-order valence-corrected chi connectivity index (χ2v) is 7.63. The Kier molecular flexibility index (Phi) is 4.16. The van der Waals surface area contributed by atoms with Gasteiger partial charge in [0.05, 0.1) is 0 Å². The molecule has 0 aromatic heterocycles. The van der Waals surface area contributed by atoms with Gasteiger partial charge < -0.3 is 5.32 Å². The lowest BCUT2D eigenvalue weighted by Crippen LogP contribution is -2.25. The average Bonchev–Trinajstić information content (AvgIpc) is 2.93. The molecule has 1 heterocycles. The maximum absolute atomic E-state index is 3.65. The SMILES string of the molecule is CC1(C)CCC(c2ccccc2CC2CCCN2)CC1. The standard InChI is InChI=1S/C19H29N/c1-19(2)11-9-15(10-12-19)18-8-4-3-6-16(18)14-17-7-5-13-20-17/h3-4,6,8,15,17,20H,5,7,9-14H2,1-2H3. The van der Waals surface area contributed by atoms with E-state index in [9.17, 15) is 0 Å². The Morgan fingerprint density at radius 1 is 1.10 bits per heavy atom. The van der Waals surface area contributed by atoms with Crippen molar-refractivity contribution in [2.45, 2.75) is 70.8 Å². The Labute approximate surface area is 124 Å². The molecule has 3 rings (SSSR count). The van der Waals surface area contributed by atoms with Crippen LogP contribution in [0.5, 0.6) is 0 Å². The van der Waals surface area contributed by atoms with Crippen molar-refractivity contribution in [3.63, 3.8) is 0 Å². The second-order valence-electron chi connectivity index (χ2n) is 7.63. The Morgan fingerprint density at radius 2 is 1.85 bits per heavy atom. The average molecular weight is 271 g/mol. The van der Waals surface area contributed by atoms with Crippen molar-refractivity contribution in [3.8, 4) is 0 Å². The molecule has 2 fully saturated rings. The molecule has 2 aliphatic rings. The van der Waals surface area contributed by atoms with Crippen molar-refractivity contribution in [2.75, 3.05) is 6.54 Å². The lowest BCUT2D eigenvalue weighted by atomic mass is 9.70. The molecule has 1 aromatic rings. The van der Waals surface area contributed by atoms with Gasteiger partial charge in [0.1, 0.15) is 0 Å². The topological polar surface area (TPSA) is 12.0 Å². The summed E-state index contributed by atoms with van der Waals surface area (Å²) in [6.07, 6.45) is 9.46. The van der Waals surface area contributed by atoms with Gasteiger partial charge in [0.25, 0.3) is 0 Å². The van der Waals surface area contributed by atoms with Gasteiger partial charge in [-0.15, -0.1) is 0 Å². The molecule has 1 aliphatic carbocycles. The summed E-state index contributed by atoms with van der Waals surface area (Å²) >= 11 is 0. The first kappa shape index (κ1) is 14.1. The summed E-state index contributed by atoms with van der Waals surface area (Å²) in [6.45, 7) is 6.07. The van der Waals surface area contributed by atoms with Gasteiger partial charge in [-0.3, -0.25) is 0 Å². The third kappa shape index (κ3) is 3.25. The van der Waals surface area contributed by atoms with Crippen LogP contribution in [0.1, 0.15) is 69.4 Å². The highest BCUT2D eigenvalue weighted by Crippen LogP contribution is 2.43. The fourth-order valence-corrected chi connectivity index (χ4v) is 4.03. The van der Waals surface area contributed by atoms with Crippen molar-refractivity contribution in [2.24, 2.45) is 5.41 Å². The smallest absolute Gasteiger partial charge is 0.0108 e. The first-order chi connectivity index (χ1) is 9.64. The van der Waals surface area contributed by atoms with Gasteiger partial charge in [-0.2, -0.15) is 0 Å². The molecular weight excluding hydrogens is 242 g/mol. The molecule has 1 atom stereocenters. The lowest BCUT2D eigenvalue weighted by Gasteiger charge is -2.35. The molecule has 0 bridgehead atoms. The van der Waals surface area contributed by atoms with Crippen LogP contribution in [0, 0.1) is 5.41 Å². The summed E-state index contributed by atoms with van der Waals surface area (Å²) in [5.41, 5.74) is 3.83. The van der Waals surface area contributed by atoms with E-state index < -0.39 is 0 Å². The van der Waals surface area contributed by atoms with E-state index in [2.05, 4.69) is 43.4 Å². The monoisotopic (exact) mass is 271 g/mol. The Hall–Kier alpha value is -0.820. The van der Waals surface area contributed by atoms with Crippen LogP contribution in [0.15, 0.2) is 24.3 Å². The van der Waals surface area contributed by atoms with Crippen molar-refractivity contribution < 1.29 is 0 Å².